The Morgan fingerprint density at radius 3 is 2.88 bits per heavy atom. The molecule has 1 aliphatic rings. The topological polar surface area (TPSA) is 22.0 Å². The van der Waals surface area contributed by atoms with Crippen LogP contribution in [0.5, 0.6) is 0 Å². The van der Waals surface area contributed by atoms with Gasteiger partial charge in [-0.2, -0.15) is 0 Å². The van der Waals surface area contributed by atoms with Crippen molar-refractivity contribution in [3.63, 3.8) is 0 Å². The second-order valence-corrected chi connectivity index (χ2v) is 5.19. The van der Waals surface area contributed by atoms with Crippen LogP contribution in [0.4, 0.5) is 0 Å². The van der Waals surface area contributed by atoms with Crippen LogP contribution in [0.2, 0.25) is 5.02 Å². The fourth-order valence-corrected chi connectivity index (χ4v) is 2.81. The third-order valence-electron chi connectivity index (χ3n) is 3.69. The molecule has 0 radical (unpaired) electrons. The van der Waals surface area contributed by atoms with Gasteiger partial charge >= 0.3 is 0 Å². The van der Waals surface area contributed by atoms with E-state index in [4.69, 9.17) is 11.6 Å². The molecule has 1 saturated carbocycles. The molecule has 1 aliphatic carbocycles. The number of aldehydes is 1. The van der Waals surface area contributed by atoms with Gasteiger partial charge in [0.05, 0.1) is 10.5 Å². The number of hydrogen-bond donors (Lipinski definition) is 0. The molecular formula is C14H14ClNO. The Morgan fingerprint density at radius 2 is 2.24 bits per heavy atom. The summed E-state index contributed by atoms with van der Waals surface area (Å²) < 4.78 is 2.18. The van der Waals surface area contributed by atoms with Gasteiger partial charge in [0.25, 0.3) is 0 Å². The van der Waals surface area contributed by atoms with Crippen LogP contribution in [0.25, 0.3) is 10.9 Å². The zero-order valence-electron chi connectivity index (χ0n) is 9.53. The number of fused-ring (bicyclic) bond motifs is 1. The first-order valence-corrected chi connectivity index (χ1v) is 6.40. The van der Waals surface area contributed by atoms with Crippen LogP contribution >= 0.6 is 11.6 Å². The highest BCUT2D eigenvalue weighted by atomic mass is 35.5. The number of hydrogen-bond acceptors (Lipinski definition) is 1. The van der Waals surface area contributed by atoms with Crippen molar-refractivity contribution in [2.24, 2.45) is 5.92 Å². The smallest absolute Gasteiger partial charge is 0.152 e. The zero-order valence-corrected chi connectivity index (χ0v) is 10.3. The van der Waals surface area contributed by atoms with E-state index in [9.17, 15) is 4.79 Å². The average Bonchev–Trinajstić information content (AvgIpc) is 2.63. The molecule has 1 aromatic carbocycles. The summed E-state index contributed by atoms with van der Waals surface area (Å²) in [6.45, 7) is 1.00. The molecule has 0 bridgehead atoms. The SMILES string of the molecule is O=Cc1cn(CC2CCC2)c2cccc(Cl)c12. The van der Waals surface area contributed by atoms with E-state index in [1.807, 2.05) is 24.4 Å². The number of rotatable bonds is 3. The van der Waals surface area contributed by atoms with E-state index in [2.05, 4.69) is 4.57 Å². The Bertz CT molecular complexity index is 569. The highest BCUT2D eigenvalue weighted by Crippen LogP contribution is 2.32. The predicted molar refractivity (Wildman–Crippen MR) is 69.7 cm³/mol. The van der Waals surface area contributed by atoms with Crippen molar-refractivity contribution >= 4 is 28.8 Å². The van der Waals surface area contributed by atoms with Crippen LogP contribution in [0.15, 0.2) is 24.4 Å². The molecule has 0 amide bonds. The zero-order chi connectivity index (χ0) is 11.8. The molecule has 0 unspecified atom stereocenters. The molecule has 0 atom stereocenters. The largest absolute Gasteiger partial charge is 0.346 e. The summed E-state index contributed by atoms with van der Waals surface area (Å²) in [7, 11) is 0. The molecule has 17 heavy (non-hydrogen) atoms. The van der Waals surface area contributed by atoms with E-state index < -0.39 is 0 Å². The third kappa shape index (κ3) is 1.77. The lowest BCUT2D eigenvalue weighted by atomic mass is 9.85. The predicted octanol–water partition coefficient (Wildman–Crippen LogP) is 3.91. The van der Waals surface area contributed by atoms with Gasteiger partial charge in [-0.25, -0.2) is 0 Å². The Kier molecular flexibility index (Phi) is 2.67. The first kappa shape index (κ1) is 10.8. The maximum absolute atomic E-state index is 11.1. The van der Waals surface area contributed by atoms with Crippen LogP contribution < -0.4 is 0 Å². The number of carbonyl (C=O) groups excluding carboxylic acids is 1. The van der Waals surface area contributed by atoms with Crippen LogP contribution in [0.3, 0.4) is 0 Å². The maximum Gasteiger partial charge on any atom is 0.152 e. The Labute approximate surface area is 105 Å². The van der Waals surface area contributed by atoms with E-state index >= 15 is 0 Å². The van der Waals surface area contributed by atoms with Gasteiger partial charge in [-0.15, -0.1) is 0 Å². The molecule has 0 spiro atoms. The number of carbonyl (C=O) groups is 1. The Morgan fingerprint density at radius 1 is 1.41 bits per heavy atom. The van der Waals surface area contributed by atoms with Gasteiger partial charge in [-0.1, -0.05) is 24.1 Å². The van der Waals surface area contributed by atoms with Gasteiger partial charge in [0.1, 0.15) is 0 Å². The number of aromatic nitrogens is 1. The van der Waals surface area contributed by atoms with Gasteiger partial charge < -0.3 is 4.57 Å². The van der Waals surface area contributed by atoms with Crippen LogP contribution in [-0.4, -0.2) is 10.9 Å². The molecule has 88 valence electrons. The summed E-state index contributed by atoms with van der Waals surface area (Å²) in [5.41, 5.74) is 1.77. The van der Waals surface area contributed by atoms with Crippen molar-refractivity contribution in [2.45, 2.75) is 25.8 Å². The van der Waals surface area contributed by atoms with Crippen LogP contribution in [0.1, 0.15) is 29.6 Å². The summed E-state index contributed by atoms with van der Waals surface area (Å²) in [6.07, 6.45) is 6.77. The summed E-state index contributed by atoms with van der Waals surface area (Å²) in [4.78, 5) is 11.1. The highest BCUT2D eigenvalue weighted by Gasteiger charge is 2.19. The van der Waals surface area contributed by atoms with Crippen LogP contribution in [-0.2, 0) is 6.54 Å². The van der Waals surface area contributed by atoms with Gasteiger partial charge in [-0.05, 0) is 30.9 Å². The van der Waals surface area contributed by atoms with E-state index in [1.165, 1.54) is 19.3 Å². The minimum absolute atomic E-state index is 0.664. The van der Waals surface area contributed by atoms with Crippen molar-refractivity contribution in [2.75, 3.05) is 0 Å². The monoisotopic (exact) mass is 247 g/mol. The van der Waals surface area contributed by atoms with E-state index in [0.29, 0.717) is 10.6 Å². The molecule has 3 rings (SSSR count). The van der Waals surface area contributed by atoms with Crippen molar-refractivity contribution < 1.29 is 4.79 Å². The van der Waals surface area contributed by atoms with Crippen molar-refractivity contribution in [1.82, 2.24) is 4.57 Å². The van der Waals surface area contributed by atoms with E-state index in [1.54, 1.807) is 0 Å². The molecule has 1 fully saturated rings. The quantitative estimate of drug-likeness (QED) is 0.754. The lowest BCUT2D eigenvalue weighted by molar-refractivity contribution is 0.112. The summed E-state index contributed by atoms with van der Waals surface area (Å²) >= 11 is 6.17. The molecular weight excluding hydrogens is 234 g/mol. The van der Waals surface area contributed by atoms with Crippen LogP contribution in [0, 0.1) is 5.92 Å². The van der Waals surface area contributed by atoms with Crippen molar-refractivity contribution in [3.8, 4) is 0 Å². The molecule has 0 N–H and O–H groups in total. The maximum atomic E-state index is 11.1. The molecule has 0 saturated heterocycles. The lowest BCUT2D eigenvalue weighted by Gasteiger charge is -2.26. The van der Waals surface area contributed by atoms with Crippen molar-refractivity contribution in [3.05, 3.63) is 35.0 Å². The fraction of sp³-hybridized carbons (Fsp3) is 0.357. The molecule has 1 heterocycles. The first-order valence-electron chi connectivity index (χ1n) is 6.02. The van der Waals surface area contributed by atoms with E-state index in [0.717, 1.165) is 29.7 Å². The summed E-state index contributed by atoms with van der Waals surface area (Å²) in [6, 6.07) is 5.81. The molecule has 0 aliphatic heterocycles. The normalized spacial score (nSPS) is 16.1. The Hall–Kier alpha value is -1.28. The molecule has 3 heteroatoms. The standard InChI is InChI=1S/C14H14ClNO/c15-12-5-2-6-13-14(12)11(9-17)8-16(13)7-10-3-1-4-10/h2,5-6,8-10H,1,3-4,7H2. The average molecular weight is 248 g/mol. The first-order chi connectivity index (χ1) is 8.29. The number of nitrogens with zero attached hydrogens (tertiary/aromatic N) is 1. The molecule has 2 aromatic rings. The fourth-order valence-electron chi connectivity index (χ4n) is 2.53. The minimum Gasteiger partial charge on any atom is -0.346 e. The number of benzene rings is 1. The van der Waals surface area contributed by atoms with Gasteiger partial charge in [-0.3, -0.25) is 4.79 Å². The highest BCUT2D eigenvalue weighted by molar-refractivity contribution is 6.36. The lowest BCUT2D eigenvalue weighted by Crippen LogP contribution is -2.17. The van der Waals surface area contributed by atoms with Gasteiger partial charge in [0, 0.05) is 23.7 Å². The second kappa shape index (κ2) is 4.19. The van der Waals surface area contributed by atoms with Crippen molar-refractivity contribution in [1.29, 1.82) is 0 Å². The van der Waals surface area contributed by atoms with E-state index in [-0.39, 0.29) is 0 Å². The summed E-state index contributed by atoms with van der Waals surface area (Å²) in [5.74, 6) is 0.768. The third-order valence-corrected chi connectivity index (χ3v) is 4.01. The minimum atomic E-state index is 0.664. The van der Waals surface area contributed by atoms with Gasteiger partial charge in [0.15, 0.2) is 6.29 Å². The second-order valence-electron chi connectivity index (χ2n) is 4.79. The summed E-state index contributed by atoms with van der Waals surface area (Å²) in [5, 5.41) is 1.56. The Balaban J connectivity index is 2.11. The number of halogens is 1. The molecule has 1 aromatic heterocycles. The molecule has 2 nitrogen and oxygen atoms in total. The van der Waals surface area contributed by atoms with Gasteiger partial charge in [0.2, 0.25) is 0 Å².